The zero-order chi connectivity index (χ0) is 19.2. The van der Waals surface area contributed by atoms with Crippen LogP contribution in [0.15, 0.2) is 34.6 Å². The van der Waals surface area contributed by atoms with E-state index in [2.05, 4.69) is 44.9 Å². The van der Waals surface area contributed by atoms with E-state index in [-0.39, 0.29) is 36.4 Å². The van der Waals surface area contributed by atoms with Gasteiger partial charge < -0.3 is 15.5 Å². The molecule has 152 valence electrons. The average molecular weight is 513 g/mol. The van der Waals surface area contributed by atoms with Crippen molar-refractivity contribution in [2.45, 2.75) is 38.8 Å². The van der Waals surface area contributed by atoms with Crippen LogP contribution in [-0.2, 0) is 24.2 Å². The van der Waals surface area contributed by atoms with Crippen molar-refractivity contribution in [3.8, 4) is 0 Å². The number of halogens is 1. The van der Waals surface area contributed by atoms with Gasteiger partial charge in [-0.2, -0.15) is 0 Å². The lowest BCUT2D eigenvalue weighted by Gasteiger charge is -2.27. The summed E-state index contributed by atoms with van der Waals surface area (Å²) < 4.78 is 0. The summed E-state index contributed by atoms with van der Waals surface area (Å²) in [6.07, 6.45) is 3.08. The summed E-state index contributed by atoms with van der Waals surface area (Å²) in [5, 5.41) is 9.89. The first kappa shape index (κ1) is 22.6. The van der Waals surface area contributed by atoms with Gasteiger partial charge in [0.15, 0.2) is 5.96 Å². The Balaban J connectivity index is 0.00000280. The SMILES string of the molecule is Cc1csc(CNC(=NCC(=O)N(C)C)NC2CCc3ccccc3C2)n1.I. The summed E-state index contributed by atoms with van der Waals surface area (Å²) in [5.41, 5.74) is 3.85. The van der Waals surface area contributed by atoms with E-state index in [9.17, 15) is 4.79 Å². The van der Waals surface area contributed by atoms with E-state index >= 15 is 0 Å². The van der Waals surface area contributed by atoms with Crippen molar-refractivity contribution in [2.24, 2.45) is 4.99 Å². The standard InChI is InChI=1S/C20H27N5OS.HI/c1-14-13-27-18(23-14)11-21-20(22-12-19(26)25(2)3)24-17-9-8-15-6-4-5-7-16(15)10-17;/h4-7,13,17H,8-12H2,1-3H3,(H2,21,22,24);1H. The number of aromatic nitrogens is 1. The molecule has 0 saturated heterocycles. The molecule has 0 bridgehead atoms. The molecule has 6 nitrogen and oxygen atoms in total. The molecule has 1 aliphatic rings. The topological polar surface area (TPSA) is 69.6 Å². The molecular weight excluding hydrogens is 485 g/mol. The quantitative estimate of drug-likeness (QED) is 0.367. The highest BCUT2D eigenvalue weighted by Crippen LogP contribution is 2.21. The summed E-state index contributed by atoms with van der Waals surface area (Å²) >= 11 is 1.63. The van der Waals surface area contributed by atoms with Crippen molar-refractivity contribution < 1.29 is 4.79 Å². The fraction of sp³-hybridized carbons (Fsp3) is 0.450. The second-order valence-corrected chi connectivity index (χ2v) is 7.98. The molecule has 0 aliphatic heterocycles. The third-order valence-corrected chi connectivity index (χ3v) is 5.60. The van der Waals surface area contributed by atoms with Gasteiger partial charge in [-0.3, -0.25) is 4.79 Å². The third kappa shape index (κ3) is 6.44. The van der Waals surface area contributed by atoms with Crippen LogP contribution in [0, 0.1) is 6.92 Å². The number of guanidine groups is 1. The van der Waals surface area contributed by atoms with Crippen molar-refractivity contribution in [3.05, 3.63) is 51.5 Å². The highest BCUT2D eigenvalue weighted by Gasteiger charge is 2.19. The van der Waals surface area contributed by atoms with Gasteiger partial charge in [0.05, 0.1) is 6.54 Å². The molecule has 8 heteroatoms. The Bertz CT molecular complexity index is 820. The van der Waals surface area contributed by atoms with Gasteiger partial charge in [0.2, 0.25) is 5.91 Å². The predicted octanol–water partition coefficient (Wildman–Crippen LogP) is 2.75. The number of nitrogens with zero attached hydrogens (tertiary/aromatic N) is 3. The Kier molecular flexibility index (Phi) is 8.68. The van der Waals surface area contributed by atoms with Crippen molar-refractivity contribution in [1.82, 2.24) is 20.5 Å². The smallest absolute Gasteiger partial charge is 0.243 e. The molecule has 0 spiro atoms. The van der Waals surface area contributed by atoms with Crippen LogP contribution in [0.2, 0.25) is 0 Å². The van der Waals surface area contributed by atoms with E-state index in [0.29, 0.717) is 18.5 Å². The number of carbonyl (C=O) groups is 1. The number of nitrogens with one attached hydrogen (secondary N) is 2. The number of fused-ring (bicyclic) bond motifs is 1. The summed E-state index contributed by atoms with van der Waals surface area (Å²) in [7, 11) is 3.49. The molecule has 0 fully saturated rings. The van der Waals surface area contributed by atoms with Crippen molar-refractivity contribution in [2.75, 3.05) is 20.6 Å². The number of amides is 1. The monoisotopic (exact) mass is 513 g/mol. The van der Waals surface area contributed by atoms with Gasteiger partial charge in [0, 0.05) is 31.2 Å². The van der Waals surface area contributed by atoms with E-state index in [1.165, 1.54) is 11.1 Å². The number of rotatable bonds is 5. The number of aliphatic imine (C=N–C) groups is 1. The summed E-state index contributed by atoms with van der Waals surface area (Å²) in [6.45, 7) is 2.72. The zero-order valence-corrected chi connectivity index (χ0v) is 19.7. The maximum atomic E-state index is 11.9. The highest BCUT2D eigenvalue weighted by atomic mass is 127. The first-order chi connectivity index (χ1) is 13.0. The number of carbonyl (C=O) groups excluding carboxylic acids is 1. The minimum atomic E-state index is -0.0183. The van der Waals surface area contributed by atoms with Crippen molar-refractivity contribution in [3.63, 3.8) is 0 Å². The van der Waals surface area contributed by atoms with Gasteiger partial charge >= 0.3 is 0 Å². The Morgan fingerprint density at radius 3 is 2.75 bits per heavy atom. The van der Waals surface area contributed by atoms with E-state index < -0.39 is 0 Å². The molecule has 1 aromatic carbocycles. The lowest BCUT2D eigenvalue weighted by Crippen LogP contribution is -2.46. The third-order valence-electron chi connectivity index (χ3n) is 4.63. The van der Waals surface area contributed by atoms with Crippen LogP contribution in [0.25, 0.3) is 0 Å². The van der Waals surface area contributed by atoms with Crippen LogP contribution in [0.5, 0.6) is 0 Å². The van der Waals surface area contributed by atoms with Gasteiger partial charge in [-0.15, -0.1) is 35.3 Å². The first-order valence-corrected chi connectivity index (χ1v) is 10.1. The molecule has 0 saturated carbocycles. The maximum Gasteiger partial charge on any atom is 0.243 e. The highest BCUT2D eigenvalue weighted by molar-refractivity contribution is 14.0. The molecule has 3 rings (SSSR count). The lowest BCUT2D eigenvalue weighted by molar-refractivity contribution is -0.127. The molecule has 1 heterocycles. The van der Waals surface area contributed by atoms with E-state index in [1.807, 2.05) is 12.3 Å². The number of likely N-dealkylation sites (N-methyl/N-ethyl adjacent to an activating group) is 1. The second-order valence-electron chi connectivity index (χ2n) is 7.04. The van der Waals surface area contributed by atoms with Gasteiger partial charge in [-0.1, -0.05) is 24.3 Å². The molecule has 2 aromatic rings. The fourth-order valence-corrected chi connectivity index (χ4v) is 3.81. The zero-order valence-electron chi connectivity index (χ0n) is 16.6. The fourth-order valence-electron chi connectivity index (χ4n) is 3.10. The lowest BCUT2D eigenvalue weighted by atomic mass is 9.88. The van der Waals surface area contributed by atoms with E-state index in [4.69, 9.17) is 0 Å². The number of aryl methyl sites for hydroxylation is 2. The van der Waals surface area contributed by atoms with E-state index in [0.717, 1.165) is 30.0 Å². The molecule has 0 radical (unpaired) electrons. The number of benzene rings is 1. The molecule has 1 atom stereocenters. The van der Waals surface area contributed by atoms with Crippen LogP contribution >= 0.6 is 35.3 Å². The van der Waals surface area contributed by atoms with Crippen LogP contribution in [0.3, 0.4) is 0 Å². The van der Waals surface area contributed by atoms with Gasteiger partial charge in [0.1, 0.15) is 11.6 Å². The molecule has 1 aliphatic carbocycles. The van der Waals surface area contributed by atoms with Crippen LogP contribution in [-0.4, -0.2) is 48.4 Å². The average Bonchev–Trinajstić information content (AvgIpc) is 3.08. The Morgan fingerprint density at radius 2 is 2.07 bits per heavy atom. The van der Waals surface area contributed by atoms with Crippen molar-refractivity contribution in [1.29, 1.82) is 0 Å². The summed E-state index contributed by atoms with van der Waals surface area (Å²) in [4.78, 5) is 22.5. The number of hydrogen-bond acceptors (Lipinski definition) is 4. The number of hydrogen-bond donors (Lipinski definition) is 2. The van der Waals surface area contributed by atoms with E-state index in [1.54, 1.807) is 30.3 Å². The van der Waals surface area contributed by atoms with Crippen molar-refractivity contribution >= 4 is 47.2 Å². The molecule has 1 aromatic heterocycles. The normalized spacial score (nSPS) is 16.0. The maximum absolute atomic E-state index is 11.9. The Labute approximate surface area is 187 Å². The predicted molar refractivity (Wildman–Crippen MR) is 125 cm³/mol. The molecule has 28 heavy (non-hydrogen) atoms. The minimum absolute atomic E-state index is 0. The van der Waals surface area contributed by atoms with Crippen LogP contribution in [0.1, 0.15) is 28.2 Å². The van der Waals surface area contributed by atoms with Crippen LogP contribution < -0.4 is 10.6 Å². The van der Waals surface area contributed by atoms with Gasteiger partial charge in [-0.05, 0) is 37.3 Å². The Morgan fingerprint density at radius 1 is 1.32 bits per heavy atom. The minimum Gasteiger partial charge on any atom is -0.353 e. The molecule has 1 amide bonds. The number of thiazole rings is 1. The Hall–Kier alpha value is -1.68. The summed E-state index contributed by atoms with van der Waals surface area (Å²) in [5.74, 6) is 0.651. The second kappa shape index (κ2) is 10.8. The first-order valence-electron chi connectivity index (χ1n) is 9.24. The van der Waals surface area contributed by atoms with Gasteiger partial charge in [-0.25, -0.2) is 9.98 Å². The summed E-state index contributed by atoms with van der Waals surface area (Å²) in [6, 6.07) is 8.90. The largest absolute Gasteiger partial charge is 0.353 e. The van der Waals surface area contributed by atoms with Gasteiger partial charge in [0.25, 0.3) is 0 Å². The molecule has 1 unspecified atom stereocenters. The molecule has 2 N–H and O–H groups in total. The molecular formula is C20H28IN5OS. The van der Waals surface area contributed by atoms with Crippen LogP contribution in [0.4, 0.5) is 0 Å².